The van der Waals surface area contributed by atoms with E-state index < -0.39 is 0 Å². The van der Waals surface area contributed by atoms with Crippen molar-refractivity contribution in [2.24, 2.45) is 23.7 Å². The Morgan fingerprint density at radius 2 is 2.05 bits per heavy atom. The normalized spacial score (nSPS) is 36.2. The number of amides is 2. The fourth-order valence-corrected chi connectivity index (χ4v) is 4.59. The highest BCUT2D eigenvalue weighted by atomic mass is 16.2. The van der Waals surface area contributed by atoms with Gasteiger partial charge in [0.15, 0.2) is 0 Å². The summed E-state index contributed by atoms with van der Waals surface area (Å²) in [4.78, 5) is 26.6. The SMILES string of the molecule is CC(C)CC1NC(=O)CCN(CC2CC3CCC2C3)C1=O. The highest BCUT2D eigenvalue weighted by molar-refractivity contribution is 5.89. The van der Waals surface area contributed by atoms with E-state index in [9.17, 15) is 9.59 Å². The molecule has 1 aliphatic heterocycles. The van der Waals surface area contributed by atoms with Gasteiger partial charge in [0.05, 0.1) is 0 Å². The molecule has 0 aromatic rings. The third-order valence-electron chi connectivity index (χ3n) is 5.60. The van der Waals surface area contributed by atoms with Crippen LogP contribution in [-0.4, -0.2) is 35.8 Å². The molecule has 0 aromatic carbocycles. The van der Waals surface area contributed by atoms with Gasteiger partial charge >= 0.3 is 0 Å². The molecular weight excluding hydrogens is 264 g/mol. The van der Waals surface area contributed by atoms with Gasteiger partial charge in [-0.05, 0) is 49.4 Å². The van der Waals surface area contributed by atoms with Crippen molar-refractivity contribution in [1.82, 2.24) is 10.2 Å². The molecule has 0 aromatic heterocycles. The Hall–Kier alpha value is -1.06. The minimum Gasteiger partial charge on any atom is -0.344 e. The van der Waals surface area contributed by atoms with Crippen molar-refractivity contribution in [2.45, 2.75) is 58.4 Å². The lowest BCUT2D eigenvalue weighted by molar-refractivity contribution is -0.134. The van der Waals surface area contributed by atoms with Gasteiger partial charge in [0.1, 0.15) is 6.04 Å². The maximum absolute atomic E-state index is 12.7. The largest absolute Gasteiger partial charge is 0.344 e. The van der Waals surface area contributed by atoms with Crippen molar-refractivity contribution in [3.63, 3.8) is 0 Å². The summed E-state index contributed by atoms with van der Waals surface area (Å²) in [5, 5.41) is 2.92. The van der Waals surface area contributed by atoms with Gasteiger partial charge in [-0.3, -0.25) is 9.59 Å². The lowest BCUT2D eigenvalue weighted by atomic mass is 9.88. The third-order valence-corrected chi connectivity index (χ3v) is 5.60. The summed E-state index contributed by atoms with van der Waals surface area (Å²) in [7, 11) is 0. The van der Waals surface area contributed by atoms with Crippen LogP contribution >= 0.6 is 0 Å². The average molecular weight is 292 g/mol. The monoisotopic (exact) mass is 292 g/mol. The van der Waals surface area contributed by atoms with E-state index >= 15 is 0 Å². The van der Waals surface area contributed by atoms with Gasteiger partial charge in [-0.15, -0.1) is 0 Å². The Kier molecular flexibility index (Phi) is 4.23. The second kappa shape index (κ2) is 5.98. The van der Waals surface area contributed by atoms with Gasteiger partial charge in [0, 0.05) is 19.5 Å². The Bertz CT molecular complexity index is 421. The zero-order valence-electron chi connectivity index (χ0n) is 13.3. The number of hydrogen-bond donors (Lipinski definition) is 1. The predicted octanol–water partition coefficient (Wildman–Crippen LogP) is 2.19. The summed E-state index contributed by atoms with van der Waals surface area (Å²) in [5.41, 5.74) is 0. The molecule has 3 aliphatic rings. The molecule has 4 heteroatoms. The molecule has 4 atom stereocenters. The van der Waals surface area contributed by atoms with E-state index in [4.69, 9.17) is 0 Å². The summed E-state index contributed by atoms with van der Waals surface area (Å²) >= 11 is 0. The van der Waals surface area contributed by atoms with Crippen LogP contribution in [0.3, 0.4) is 0 Å². The highest BCUT2D eigenvalue weighted by Crippen LogP contribution is 2.48. The number of rotatable bonds is 4. The van der Waals surface area contributed by atoms with Crippen LogP contribution in [0.2, 0.25) is 0 Å². The summed E-state index contributed by atoms with van der Waals surface area (Å²) in [6, 6.07) is -0.307. The predicted molar refractivity (Wildman–Crippen MR) is 81.5 cm³/mol. The average Bonchev–Trinajstić information content (AvgIpc) is 3.00. The van der Waals surface area contributed by atoms with E-state index in [1.807, 2.05) is 4.90 Å². The Labute approximate surface area is 127 Å². The minimum absolute atomic E-state index is 0.0319. The number of hydrogen-bond acceptors (Lipinski definition) is 2. The molecule has 2 amide bonds. The molecule has 2 saturated carbocycles. The van der Waals surface area contributed by atoms with E-state index in [2.05, 4.69) is 19.2 Å². The summed E-state index contributed by atoms with van der Waals surface area (Å²) in [5.74, 6) is 3.02. The molecule has 1 N–H and O–H groups in total. The van der Waals surface area contributed by atoms with Crippen molar-refractivity contribution >= 4 is 11.8 Å². The molecule has 2 bridgehead atoms. The number of fused-ring (bicyclic) bond motifs is 2. The van der Waals surface area contributed by atoms with Gasteiger partial charge in [-0.2, -0.15) is 0 Å². The maximum Gasteiger partial charge on any atom is 0.245 e. The third kappa shape index (κ3) is 3.24. The molecule has 4 nitrogen and oxygen atoms in total. The zero-order chi connectivity index (χ0) is 15.0. The number of carbonyl (C=O) groups is 2. The molecule has 2 aliphatic carbocycles. The quantitative estimate of drug-likeness (QED) is 0.863. The zero-order valence-corrected chi connectivity index (χ0v) is 13.3. The van der Waals surface area contributed by atoms with Crippen LogP contribution in [0.25, 0.3) is 0 Å². The van der Waals surface area contributed by atoms with Crippen LogP contribution in [0, 0.1) is 23.7 Å². The molecule has 21 heavy (non-hydrogen) atoms. The van der Waals surface area contributed by atoms with E-state index in [-0.39, 0.29) is 17.9 Å². The first-order valence-corrected chi connectivity index (χ1v) is 8.61. The first kappa shape index (κ1) is 14.9. The lowest BCUT2D eigenvalue weighted by Gasteiger charge is -2.30. The molecule has 0 radical (unpaired) electrons. The van der Waals surface area contributed by atoms with Crippen LogP contribution in [0.15, 0.2) is 0 Å². The second-order valence-corrected chi connectivity index (χ2v) is 7.72. The van der Waals surface area contributed by atoms with Crippen LogP contribution < -0.4 is 5.32 Å². The Morgan fingerprint density at radius 1 is 1.24 bits per heavy atom. The highest BCUT2D eigenvalue weighted by Gasteiger charge is 2.41. The minimum atomic E-state index is -0.307. The van der Waals surface area contributed by atoms with Crippen molar-refractivity contribution in [2.75, 3.05) is 13.1 Å². The number of nitrogens with one attached hydrogen (secondary N) is 1. The van der Waals surface area contributed by atoms with E-state index in [1.54, 1.807) is 0 Å². The topological polar surface area (TPSA) is 49.4 Å². The molecule has 1 heterocycles. The van der Waals surface area contributed by atoms with Crippen LogP contribution in [-0.2, 0) is 9.59 Å². The molecule has 4 unspecified atom stereocenters. The Morgan fingerprint density at radius 3 is 2.67 bits per heavy atom. The van der Waals surface area contributed by atoms with Gasteiger partial charge < -0.3 is 10.2 Å². The van der Waals surface area contributed by atoms with E-state index in [0.717, 1.165) is 24.8 Å². The maximum atomic E-state index is 12.7. The number of nitrogens with zero attached hydrogens (tertiary/aromatic N) is 1. The van der Waals surface area contributed by atoms with Crippen LogP contribution in [0.4, 0.5) is 0 Å². The molecule has 118 valence electrons. The van der Waals surface area contributed by atoms with Gasteiger partial charge in [-0.1, -0.05) is 20.3 Å². The van der Waals surface area contributed by atoms with Crippen molar-refractivity contribution in [3.05, 3.63) is 0 Å². The van der Waals surface area contributed by atoms with Crippen molar-refractivity contribution < 1.29 is 9.59 Å². The number of carbonyl (C=O) groups excluding carboxylic acids is 2. The molecule has 3 rings (SSSR count). The van der Waals surface area contributed by atoms with Gasteiger partial charge in [-0.25, -0.2) is 0 Å². The van der Waals surface area contributed by atoms with Crippen LogP contribution in [0.5, 0.6) is 0 Å². The van der Waals surface area contributed by atoms with E-state index in [0.29, 0.717) is 24.8 Å². The van der Waals surface area contributed by atoms with Crippen LogP contribution in [0.1, 0.15) is 52.4 Å². The Balaban J connectivity index is 1.65. The van der Waals surface area contributed by atoms with Crippen molar-refractivity contribution in [1.29, 1.82) is 0 Å². The molecule has 0 spiro atoms. The van der Waals surface area contributed by atoms with E-state index in [1.165, 1.54) is 25.7 Å². The lowest BCUT2D eigenvalue weighted by Crippen LogP contribution is -2.47. The second-order valence-electron chi connectivity index (χ2n) is 7.72. The van der Waals surface area contributed by atoms with Gasteiger partial charge in [0.25, 0.3) is 0 Å². The first-order chi connectivity index (χ1) is 10.0. The summed E-state index contributed by atoms with van der Waals surface area (Å²) in [6.45, 7) is 5.69. The fourth-order valence-electron chi connectivity index (χ4n) is 4.59. The molecule has 1 saturated heterocycles. The standard InChI is InChI=1S/C17H28N2O2/c1-11(2)7-15-17(21)19(6-5-16(20)18-15)10-14-9-12-3-4-13(14)8-12/h11-15H,3-10H2,1-2H3,(H,18,20). The summed E-state index contributed by atoms with van der Waals surface area (Å²) in [6.07, 6.45) is 6.62. The summed E-state index contributed by atoms with van der Waals surface area (Å²) < 4.78 is 0. The molecular formula is C17H28N2O2. The molecule has 3 fully saturated rings. The van der Waals surface area contributed by atoms with Crippen molar-refractivity contribution in [3.8, 4) is 0 Å². The smallest absolute Gasteiger partial charge is 0.245 e. The fraction of sp³-hybridized carbons (Fsp3) is 0.882. The van der Waals surface area contributed by atoms with Gasteiger partial charge in [0.2, 0.25) is 11.8 Å². The first-order valence-electron chi connectivity index (χ1n) is 8.61.